The molecule has 0 aliphatic heterocycles. The van der Waals surface area contributed by atoms with Crippen molar-refractivity contribution in [1.82, 2.24) is 0 Å². The lowest BCUT2D eigenvalue weighted by molar-refractivity contribution is 0.0526. The number of nitrogens with one attached hydrogen (secondary N) is 1. The Balaban J connectivity index is 2.79. The van der Waals surface area contributed by atoms with Crippen LogP contribution in [0.3, 0.4) is 0 Å². The highest BCUT2D eigenvalue weighted by Gasteiger charge is 2.14. The van der Waals surface area contributed by atoms with E-state index in [0.717, 1.165) is 0 Å². The molecule has 0 spiro atoms. The summed E-state index contributed by atoms with van der Waals surface area (Å²) < 4.78 is 36.4. The van der Waals surface area contributed by atoms with E-state index in [2.05, 4.69) is 20.7 Å². The molecule has 1 N–H and O–H groups in total. The molecule has 0 radical (unpaired) electrons. The molecular formula is C13H18BrNO5S. The van der Waals surface area contributed by atoms with Crippen LogP contribution in [-0.2, 0) is 19.5 Å². The van der Waals surface area contributed by atoms with Gasteiger partial charge in [-0.25, -0.2) is 13.2 Å². The van der Waals surface area contributed by atoms with Gasteiger partial charge in [0.1, 0.15) is 0 Å². The van der Waals surface area contributed by atoms with E-state index in [9.17, 15) is 13.2 Å². The number of benzene rings is 1. The number of hydrogen-bond acceptors (Lipinski definition) is 5. The molecule has 0 aromatic heterocycles. The van der Waals surface area contributed by atoms with Crippen molar-refractivity contribution >= 4 is 37.6 Å². The molecule has 0 bridgehead atoms. The van der Waals surface area contributed by atoms with E-state index in [1.165, 1.54) is 25.3 Å². The Hall–Kier alpha value is -1.12. The fourth-order valence-corrected chi connectivity index (χ4v) is 3.27. The number of carbonyl (C=O) groups is 1. The third kappa shape index (κ3) is 6.03. The topological polar surface area (TPSA) is 81.7 Å². The molecule has 6 nitrogen and oxygen atoms in total. The molecule has 0 aliphatic carbocycles. The highest BCUT2D eigenvalue weighted by Crippen LogP contribution is 2.25. The van der Waals surface area contributed by atoms with Gasteiger partial charge in [0.2, 0.25) is 10.0 Å². The van der Waals surface area contributed by atoms with Crippen molar-refractivity contribution < 1.29 is 22.7 Å². The monoisotopic (exact) mass is 379 g/mol. The maximum absolute atomic E-state index is 11.9. The molecule has 0 fully saturated rings. The predicted octanol–water partition coefficient (Wildman–Crippen LogP) is 2.40. The van der Waals surface area contributed by atoms with Gasteiger partial charge in [0, 0.05) is 18.2 Å². The molecule has 8 heteroatoms. The highest BCUT2D eigenvalue weighted by atomic mass is 79.9. The average molecular weight is 380 g/mol. The van der Waals surface area contributed by atoms with E-state index in [1.54, 1.807) is 6.92 Å². The van der Waals surface area contributed by atoms with Crippen LogP contribution in [0.25, 0.3) is 0 Å². The van der Waals surface area contributed by atoms with Gasteiger partial charge in [0.15, 0.2) is 0 Å². The summed E-state index contributed by atoms with van der Waals surface area (Å²) in [6.07, 6.45) is 0.407. The third-order valence-electron chi connectivity index (χ3n) is 2.51. The van der Waals surface area contributed by atoms with E-state index in [-0.39, 0.29) is 12.4 Å². The van der Waals surface area contributed by atoms with Crippen LogP contribution >= 0.6 is 15.9 Å². The van der Waals surface area contributed by atoms with E-state index in [4.69, 9.17) is 9.47 Å². The number of halogens is 1. The highest BCUT2D eigenvalue weighted by molar-refractivity contribution is 9.10. The van der Waals surface area contributed by atoms with Gasteiger partial charge in [0.05, 0.1) is 23.6 Å². The Morgan fingerprint density at radius 2 is 2.10 bits per heavy atom. The van der Waals surface area contributed by atoms with Crippen molar-refractivity contribution in [2.45, 2.75) is 13.3 Å². The second-order valence-electron chi connectivity index (χ2n) is 4.18. The van der Waals surface area contributed by atoms with Gasteiger partial charge in [-0.1, -0.05) is 0 Å². The number of carbonyl (C=O) groups excluding carboxylic acids is 1. The SMILES string of the molecule is CCOC(=O)c1ccc(NS(=O)(=O)CCCOC)c(Br)c1. The van der Waals surface area contributed by atoms with Crippen molar-refractivity contribution in [2.75, 3.05) is 30.8 Å². The standard InChI is InChI=1S/C13H18BrNO5S/c1-3-20-13(16)10-5-6-12(11(14)9-10)15-21(17,18)8-4-7-19-2/h5-6,9,15H,3-4,7-8H2,1-2H3. The molecule has 118 valence electrons. The lowest BCUT2D eigenvalue weighted by Crippen LogP contribution is -2.18. The van der Waals surface area contributed by atoms with Gasteiger partial charge < -0.3 is 9.47 Å². The van der Waals surface area contributed by atoms with Gasteiger partial charge in [0.25, 0.3) is 0 Å². The molecule has 21 heavy (non-hydrogen) atoms. The minimum atomic E-state index is -3.45. The van der Waals surface area contributed by atoms with Crippen LogP contribution in [0.4, 0.5) is 5.69 Å². The Bertz CT molecular complexity index is 588. The zero-order valence-electron chi connectivity index (χ0n) is 11.9. The number of sulfonamides is 1. The molecule has 1 aromatic carbocycles. The predicted molar refractivity (Wildman–Crippen MR) is 84.0 cm³/mol. The van der Waals surface area contributed by atoms with Crippen molar-refractivity contribution in [3.8, 4) is 0 Å². The quantitative estimate of drug-likeness (QED) is 0.553. The normalized spacial score (nSPS) is 11.2. The maximum atomic E-state index is 11.9. The maximum Gasteiger partial charge on any atom is 0.338 e. The van der Waals surface area contributed by atoms with Gasteiger partial charge in [-0.3, -0.25) is 4.72 Å². The summed E-state index contributed by atoms with van der Waals surface area (Å²) in [4.78, 5) is 11.6. The summed E-state index contributed by atoms with van der Waals surface area (Å²) in [5.74, 6) is -0.486. The minimum Gasteiger partial charge on any atom is -0.462 e. The third-order valence-corrected chi connectivity index (χ3v) is 4.52. The van der Waals surface area contributed by atoms with Crippen LogP contribution in [0, 0.1) is 0 Å². The van der Waals surface area contributed by atoms with E-state index in [0.29, 0.717) is 28.8 Å². The second-order valence-corrected chi connectivity index (χ2v) is 6.88. The second kappa shape index (κ2) is 8.35. The summed E-state index contributed by atoms with van der Waals surface area (Å²) in [5, 5.41) is 0. The van der Waals surface area contributed by atoms with E-state index < -0.39 is 16.0 Å². The fourth-order valence-electron chi connectivity index (χ4n) is 1.55. The summed E-state index contributed by atoms with van der Waals surface area (Å²) in [6, 6.07) is 4.55. The number of hydrogen-bond donors (Lipinski definition) is 1. The van der Waals surface area contributed by atoms with Crippen LogP contribution in [0.15, 0.2) is 22.7 Å². The molecular weight excluding hydrogens is 362 g/mol. The van der Waals surface area contributed by atoms with Crippen LogP contribution in [0.5, 0.6) is 0 Å². The van der Waals surface area contributed by atoms with Crippen LogP contribution in [-0.4, -0.2) is 40.5 Å². The van der Waals surface area contributed by atoms with Crippen molar-refractivity contribution in [3.63, 3.8) is 0 Å². The summed E-state index contributed by atoms with van der Waals surface area (Å²) >= 11 is 3.24. The molecule has 0 saturated heterocycles. The first-order chi connectivity index (χ1) is 9.89. The van der Waals surface area contributed by atoms with Gasteiger partial charge >= 0.3 is 5.97 Å². The summed E-state index contributed by atoms with van der Waals surface area (Å²) in [5.41, 5.74) is 0.728. The molecule has 1 aromatic rings. The fraction of sp³-hybridized carbons (Fsp3) is 0.462. The van der Waals surface area contributed by atoms with E-state index in [1.807, 2.05) is 0 Å². The lowest BCUT2D eigenvalue weighted by Gasteiger charge is -2.10. The zero-order valence-corrected chi connectivity index (χ0v) is 14.3. The number of methoxy groups -OCH3 is 1. The number of anilines is 1. The number of ether oxygens (including phenoxy) is 2. The Morgan fingerprint density at radius 1 is 1.38 bits per heavy atom. The Morgan fingerprint density at radius 3 is 2.67 bits per heavy atom. The van der Waals surface area contributed by atoms with Gasteiger partial charge in [-0.05, 0) is 47.5 Å². The molecule has 0 saturated carbocycles. The van der Waals surface area contributed by atoms with Crippen LogP contribution < -0.4 is 4.72 Å². The minimum absolute atomic E-state index is 0.0348. The smallest absolute Gasteiger partial charge is 0.338 e. The molecule has 0 unspecified atom stereocenters. The summed E-state index contributed by atoms with van der Waals surface area (Å²) in [6.45, 7) is 2.38. The molecule has 0 amide bonds. The number of rotatable bonds is 8. The molecule has 0 aliphatic rings. The zero-order chi connectivity index (χ0) is 15.9. The van der Waals surface area contributed by atoms with E-state index >= 15 is 0 Å². The summed E-state index contributed by atoms with van der Waals surface area (Å²) in [7, 11) is -1.93. The first-order valence-electron chi connectivity index (χ1n) is 6.35. The lowest BCUT2D eigenvalue weighted by atomic mass is 10.2. The first kappa shape index (κ1) is 17.9. The van der Waals surface area contributed by atoms with Crippen LogP contribution in [0.2, 0.25) is 0 Å². The first-order valence-corrected chi connectivity index (χ1v) is 8.80. The van der Waals surface area contributed by atoms with Gasteiger partial charge in [-0.15, -0.1) is 0 Å². The number of esters is 1. The van der Waals surface area contributed by atoms with Gasteiger partial charge in [-0.2, -0.15) is 0 Å². The van der Waals surface area contributed by atoms with Crippen molar-refractivity contribution in [3.05, 3.63) is 28.2 Å². The molecule has 0 atom stereocenters. The average Bonchev–Trinajstić information content (AvgIpc) is 2.41. The molecule has 1 rings (SSSR count). The Kier molecular flexibility index (Phi) is 7.13. The van der Waals surface area contributed by atoms with Crippen molar-refractivity contribution in [2.24, 2.45) is 0 Å². The largest absolute Gasteiger partial charge is 0.462 e. The van der Waals surface area contributed by atoms with Crippen LogP contribution in [0.1, 0.15) is 23.7 Å². The van der Waals surface area contributed by atoms with Crippen molar-refractivity contribution in [1.29, 1.82) is 0 Å². The molecule has 0 heterocycles. The Labute approximate surface area is 133 Å².